The number of terminal acetylenes is 1. The summed E-state index contributed by atoms with van der Waals surface area (Å²) in [6, 6.07) is 7.88. The minimum atomic E-state index is 0.797. The second-order valence-electron chi connectivity index (χ2n) is 3.82. The smallest absolute Gasteiger partial charge is 0.0900 e. The lowest BCUT2D eigenvalue weighted by atomic mass is 10.2. The van der Waals surface area contributed by atoms with E-state index >= 15 is 0 Å². The van der Waals surface area contributed by atoms with E-state index in [1.165, 1.54) is 4.88 Å². The monoisotopic (exact) mass is 242 g/mol. The molecule has 0 fully saturated rings. The zero-order valence-electron chi connectivity index (χ0n) is 9.95. The van der Waals surface area contributed by atoms with Gasteiger partial charge >= 0.3 is 0 Å². The lowest BCUT2D eigenvalue weighted by Gasteiger charge is -2.05. The minimum Gasteiger partial charge on any atom is -0.380 e. The molecule has 0 spiro atoms. The number of nitrogens with zero attached hydrogens (tertiary/aromatic N) is 1. The zero-order chi connectivity index (χ0) is 12.3. The molecule has 0 radical (unpaired) electrons. The molecule has 1 aromatic carbocycles. The fourth-order valence-electron chi connectivity index (χ4n) is 1.64. The normalized spacial score (nSPS) is 9.94. The van der Waals surface area contributed by atoms with E-state index in [1.54, 1.807) is 11.3 Å². The average Bonchev–Trinajstić information content (AvgIpc) is 2.65. The van der Waals surface area contributed by atoms with Gasteiger partial charge in [0.1, 0.15) is 0 Å². The van der Waals surface area contributed by atoms with Gasteiger partial charge in [-0.3, -0.25) is 0 Å². The fourth-order valence-corrected chi connectivity index (χ4v) is 2.52. The topological polar surface area (TPSA) is 24.9 Å². The van der Waals surface area contributed by atoms with Crippen molar-refractivity contribution in [1.29, 1.82) is 0 Å². The molecule has 17 heavy (non-hydrogen) atoms. The lowest BCUT2D eigenvalue weighted by molar-refractivity contribution is 1.11. The molecule has 2 rings (SSSR count). The molecule has 3 heteroatoms. The number of aromatic nitrogens is 1. The summed E-state index contributed by atoms with van der Waals surface area (Å²) in [5.41, 5.74) is 3.05. The van der Waals surface area contributed by atoms with Crippen LogP contribution in [0, 0.1) is 26.2 Å². The number of aryl methyl sites for hydroxylation is 2. The molecule has 0 amide bonds. The van der Waals surface area contributed by atoms with Crippen molar-refractivity contribution in [1.82, 2.24) is 4.98 Å². The van der Waals surface area contributed by atoms with Crippen molar-refractivity contribution in [2.24, 2.45) is 0 Å². The molecule has 0 aliphatic rings. The van der Waals surface area contributed by atoms with E-state index in [1.807, 2.05) is 38.1 Å². The van der Waals surface area contributed by atoms with Gasteiger partial charge in [-0.25, -0.2) is 4.98 Å². The third kappa shape index (κ3) is 2.86. The van der Waals surface area contributed by atoms with E-state index in [0.29, 0.717) is 0 Å². The second kappa shape index (κ2) is 5.03. The van der Waals surface area contributed by atoms with Crippen LogP contribution in [-0.4, -0.2) is 4.98 Å². The largest absolute Gasteiger partial charge is 0.380 e. The highest BCUT2D eigenvalue weighted by molar-refractivity contribution is 7.11. The van der Waals surface area contributed by atoms with Gasteiger partial charge in [0.25, 0.3) is 0 Å². The van der Waals surface area contributed by atoms with E-state index in [-0.39, 0.29) is 0 Å². The number of hydrogen-bond acceptors (Lipinski definition) is 3. The van der Waals surface area contributed by atoms with Gasteiger partial charge < -0.3 is 5.32 Å². The van der Waals surface area contributed by atoms with Crippen molar-refractivity contribution in [3.8, 4) is 12.3 Å². The highest BCUT2D eigenvalue weighted by Gasteiger charge is 2.04. The summed E-state index contributed by atoms with van der Waals surface area (Å²) in [5, 5.41) is 4.47. The molecule has 0 atom stereocenters. The van der Waals surface area contributed by atoms with E-state index in [2.05, 4.69) is 16.2 Å². The van der Waals surface area contributed by atoms with Gasteiger partial charge in [-0.2, -0.15) is 0 Å². The van der Waals surface area contributed by atoms with Crippen LogP contribution in [0.25, 0.3) is 0 Å². The second-order valence-corrected chi connectivity index (χ2v) is 5.11. The Morgan fingerprint density at radius 1 is 1.41 bits per heavy atom. The van der Waals surface area contributed by atoms with Crippen LogP contribution < -0.4 is 5.32 Å². The van der Waals surface area contributed by atoms with Crippen LogP contribution in [0.15, 0.2) is 24.3 Å². The van der Waals surface area contributed by atoms with Crippen LogP contribution in [0.3, 0.4) is 0 Å². The Morgan fingerprint density at radius 2 is 2.24 bits per heavy atom. The first-order valence-electron chi connectivity index (χ1n) is 5.42. The average molecular weight is 242 g/mol. The first-order valence-corrected chi connectivity index (χ1v) is 6.24. The zero-order valence-corrected chi connectivity index (χ0v) is 10.8. The van der Waals surface area contributed by atoms with Gasteiger partial charge in [0.2, 0.25) is 0 Å². The third-order valence-electron chi connectivity index (χ3n) is 2.48. The Morgan fingerprint density at radius 3 is 2.88 bits per heavy atom. The van der Waals surface area contributed by atoms with Crippen LogP contribution in [0.5, 0.6) is 0 Å². The van der Waals surface area contributed by atoms with Crippen LogP contribution in [0.1, 0.15) is 21.1 Å². The molecule has 86 valence electrons. The van der Waals surface area contributed by atoms with Gasteiger partial charge in [-0.1, -0.05) is 12.0 Å². The summed E-state index contributed by atoms with van der Waals surface area (Å²) in [4.78, 5) is 5.68. The van der Waals surface area contributed by atoms with Crippen molar-refractivity contribution in [2.45, 2.75) is 20.4 Å². The maximum absolute atomic E-state index is 5.37. The number of rotatable bonds is 3. The molecule has 1 heterocycles. The molecule has 2 nitrogen and oxygen atoms in total. The van der Waals surface area contributed by atoms with Crippen molar-refractivity contribution >= 4 is 17.0 Å². The molecule has 1 N–H and O–H groups in total. The van der Waals surface area contributed by atoms with Gasteiger partial charge in [0, 0.05) is 16.1 Å². The first kappa shape index (κ1) is 11.7. The van der Waals surface area contributed by atoms with E-state index in [9.17, 15) is 0 Å². The lowest BCUT2D eigenvalue weighted by Crippen LogP contribution is -1.99. The molecule has 0 saturated heterocycles. The molecular weight excluding hydrogens is 228 g/mol. The summed E-state index contributed by atoms with van der Waals surface area (Å²) >= 11 is 1.73. The van der Waals surface area contributed by atoms with E-state index in [0.717, 1.165) is 28.5 Å². The quantitative estimate of drug-likeness (QED) is 0.835. The van der Waals surface area contributed by atoms with Crippen molar-refractivity contribution in [2.75, 3.05) is 5.32 Å². The van der Waals surface area contributed by atoms with Crippen molar-refractivity contribution in [3.63, 3.8) is 0 Å². The Hall–Kier alpha value is -1.79. The summed E-state index contributed by atoms with van der Waals surface area (Å²) in [7, 11) is 0. The number of nitrogens with one attached hydrogen (secondary N) is 1. The molecule has 0 aliphatic heterocycles. The number of anilines is 1. The SMILES string of the molecule is C#Cc1cccc(NCc2sc(C)nc2C)c1. The fraction of sp³-hybridized carbons (Fsp3) is 0.214. The maximum Gasteiger partial charge on any atom is 0.0900 e. The minimum absolute atomic E-state index is 0.797. The Bertz CT molecular complexity index is 564. The summed E-state index contributed by atoms with van der Waals surface area (Å²) in [6.45, 7) is 4.86. The Labute approximate surface area is 106 Å². The molecule has 0 aliphatic carbocycles. The summed E-state index contributed by atoms with van der Waals surface area (Å²) < 4.78 is 0. The predicted octanol–water partition coefficient (Wildman–Crippen LogP) is 3.35. The van der Waals surface area contributed by atoms with Gasteiger partial charge in [0.15, 0.2) is 0 Å². The third-order valence-corrected chi connectivity index (χ3v) is 3.55. The van der Waals surface area contributed by atoms with Crippen LogP contribution in [0.2, 0.25) is 0 Å². The highest BCUT2D eigenvalue weighted by Crippen LogP contribution is 2.19. The number of thiazole rings is 1. The maximum atomic E-state index is 5.37. The van der Waals surface area contributed by atoms with Gasteiger partial charge in [0.05, 0.1) is 17.2 Å². The molecular formula is C14H14N2S. The van der Waals surface area contributed by atoms with Gasteiger partial charge in [-0.15, -0.1) is 17.8 Å². The van der Waals surface area contributed by atoms with Crippen molar-refractivity contribution < 1.29 is 0 Å². The Balaban J connectivity index is 2.07. The standard InChI is InChI=1S/C14H14N2S/c1-4-12-6-5-7-13(8-12)15-9-14-10(2)16-11(3)17-14/h1,5-8,15H,9H2,2-3H3. The molecule has 0 unspecified atom stereocenters. The Kier molecular flexibility index (Phi) is 3.46. The molecule has 2 aromatic rings. The highest BCUT2D eigenvalue weighted by atomic mass is 32.1. The number of benzene rings is 1. The van der Waals surface area contributed by atoms with Crippen LogP contribution >= 0.6 is 11.3 Å². The molecule has 0 bridgehead atoms. The first-order chi connectivity index (χ1) is 8.19. The van der Waals surface area contributed by atoms with E-state index < -0.39 is 0 Å². The molecule has 1 aromatic heterocycles. The van der Waals surface area contributed by atoms with E-state index in [4.69, 9.17) is 6.42 Å². The molecule has 0 saturated carbocycles. The number of hydrogen-bond donors (Lipinski definition) is 1. The summed E-state index contributed by atoms with van der Waals surface area (Å²) in [6.07, 6.45) is 5.37. The van der Waals surface area contributed by atoms with Crippen LogP contribution in [-0.2, 0) is 6.54 Å². The van der Waals surface area contributed by atoms with Crippen LogP contribution in [0.4, 0.5) is 5.69 Å². The summed E-state index contributed by atoms with van der Waals surface area (Å²) in [5.74, 6) is 2.63. The predicted molar refractivity (Wildman–Crippen MR) is 73.3 cm³/mol. The van der Waals surface area contributed by atoms with Crippen molar-refractivity contribution in [3.05, 3.63) is 45.4 Å². The van der Waals surface area contributed by atoms with Gasteiger partial charge in [-0.05, 0) is 32.0 Å².